The van der Waals surface area contributed by atoms with E-state index >= 15 is 0 Å². The van der Waals surface area contributed by atoms with Crippen LogP contribution < -0.4 is 0 Å². The molecule has 0 unspecified atom stereocenters. The summed E-state index contributed by atoms with van der Waals surface area (Å²) in [4.78, 5) is 23.0. The molecule has 0 aliphatic carbocycles. The topological polar surface area (TPSA) is 71.1 Å². The minimum atomic E-state index is -0.768. The Kier molecular flexibility index (Phi) is 7.15. The molecule has 0 heterocycles. The second kappa shape index (κ2) is 7.84. The highest BCUT2D eigenvalue weighted by Crippen LogP contribution is 2.10. The molecule has 16 heavy (non-hydrogen) atoms. The molecule has 0 atom stereocenters. The van der Waals surface area contributed by atoms with Gasteiger partial charge in [0.05, 0.1) is 14.2 Å². The van der Waals surface area contributed by atoms with Crippen molar-refractivity contribution in [3.8, 4) is 0 Å². The largest absolute Gasteiger partial charge is 0.498 e. The van der Waals surface area contributed by atoms with E-state index in [4.69, 9.17) is 9.47 Å². The van der Waals surface area contributed by atoms with Gasteiger partial charge in [-0.05, 0) is 0 Å². The molecule has 0 aliphatic rings. The van der Waals surface area contributed by atoms with E-state index in [-0.39, 0.29) is 24.5 Å². The minimum Gasteiger partial charge on any atom is -0.498 e. The first-order valence-electron chi connectivity index (χ1n) is 4.48. The van der Waals surface area contributed by atoms with Gasteiger partial charge in [0.2, 0.25) is 0 Å². The summed E-state index contributed by atoms with van der Waals surface area (Å²) in [5.74, 6) is -1.16. The summed E-state index contributed by atoms with van der Waals surface area (Å²) in [6, 6.07) is 0. The first kappa shape index (κ1) is 14.6. The van der Waals surface area contributed by atoms with Crippen molar-refractivity contribution in [3.63, 3.8) is 0 Å². The maximum Gasteiger partial charge on any atom is 0.345 e. The van der Waals surface area contributed by atoms with Crippen molar-refractivity contribution in [2.45, 2.75) is 0 Å². The lowest BCUT2D eigenvalue weighted by atomic mass is 10.1. The number of ether oxygens (including phenoxy) is 4. The van der Waals surface area contributed by atoms with Crippen LogP contribution in [0.25, 0.3) is 0 Å². The highest BCUT2D eigenvalue weighted by Gasteiger charge is 2.24. The number of esters is 1. The number of carbonyl (C=O) groups is 2. The van der Waals surface area contributed by atoms with Gasteiger partial charge in [-0.15, -0.1) is 0 Å². The SMILES string of the molecule is COCC(=O)/C(C(=O)OC)=C(\COC)OC. The molecule has 0 aromatic carbocycles. The van der Waals surface area contributed by atoms with E-state index in [1.165, 1.54) is 28.4 Å². The predicted octanol–water partition coefficient (Wildman–Crippen LogP) is -0.0782. The van der Waals surface area contributed by atoms with E-state index in [2.05, 4.69) is 9.47 Å². The van der Waals surface area contributed by atoms with Crippen LogP contribution in [-0.2, 0) is 28.5 Å². The standard InChI is InChI=1S/C10H16O6/c1-13-5-7(11)9(10(12)16-4)8(15-3)6-14-2/h5-6H2,1-4H3/b9-8-. The van der Waals surface area contributed by atoms with Gasteiger partial charge < -0.3 is 18.9 Å². The molecule has 6 heteroatoms. The zero-order valence-electron chi connectivity index (χ0n) is 9.86. The number of methoxy groups -OCH3 is 4. The number of ketones is 1. The fourth-order valence-electron chi connectivity index (χ4n) is 1.05. The molecule has 0 bridgehead atoms. The van der Waals surface area contributed by atoms with Crippen LogP contribution in [0.1, 0.15) is 0 Å². The molecule has 92 valence electrons. The second-order valence-electron chi connectivity index (χ2n) is 2.78. The molecular weight excluding hydrogens is 216 g/mol. The van der Waals surface area contributed by atoms with Gasteiger partial charge in [-0.1, -0.05) is 0 Å². The molecule has 0 aliphatic heterocycles. The first-order chi connectivity index (χ1) is 7.62. The smallest absolute Gasteiger partial charge is 0.345 e. The van der Waals surface area contributed by atoms with Crippen molar-refractivity contribution in [2.24, 2.45) is 0 Å². The zero-order valence-corrected chi connectivity index (χ0v) is 9.86. The summed E-state index contributed by atoms with van der Waals surface area (Å²) in [7, 11) is 5.31. The van der Waals surface area contributed by atoms with E-state index in [0.29, 0.717) is 0 Å². The van der Waals surface area contributed by atoms with Crippen molar-refractivity contribution in [1.82, 2.24) is 0 Å². The van der Waals surface area contributed by atoms with E-state index < -0.39 is 11.8 Å². The fraction of sp³-hybridized carbons (Fsp3) is 0.600. The molecule has 6 nitrogen and oxygen atoms in total. The molecule has 0 rings (SSSR count). The van der Waals surface area contributed by atoms with Crippen LogP contribution in [0.4, 0.5) is 0 Å². The predicted molar refractivity (Wildman–Crippen MR) is 54.8 cm³/mol. The third-order valence-electron chi connectivity index (χ3n) is 1.74. The van der Waals surface area contributed by atoms with E-state index in [0.717, 1.165) is 0 Å². The minimum absolute atomic E-state index is 0.0103. The summed E-state index contributed by atoms with van der Waals surface area (Å²) in [5, 5.41) is 0. The Hall–Kier alpha value is -1.40. The first-order valence-corrected chi connectivity index (χ1v) is 4.48. The van der Waals surface area contributed by atoms with Crippen LogP contribution in [0, 0.1) is 0 Å². The molecule has 0 saturated heterocycles. The van der Waals surface area contributed by atoms with Gasteiger partial charge in [-0.3, -0.25) is 4.79 Å². The van der Waals surface area contributed by atoms with Crippen molar-refractivity contribution in [2.75, 3.05) is 41.7 Å². The summed E-state index contributed by atoms with van der Waals surface area (Å²) >= 11 is 0. The fourth-order valence-corrected chi connectivity index (χ4v) is 1.05. The van der Waals surface area contributed by atoms with Crippen LogP contribution >= 0.6 is 0 Å². The molecule has 0 N–H and O–H groups in total. The Morgan fingerprint density at radius 1 is 0.875 bits per heavy atom. The maximum atomic E-state index is 11.6. The third kappa shape index (κ3) is 4.00. The average molecular weight is 232 g/mol. The van der Waals surface area contributed by atoms with Crippen molar-refractivity contribution in [1.29, 1.82) is 0 Å². The zero-order chi connectivity index (χ0) is 12.6. The molecule has 0 fully saturated rings. The van der Waals surface area contributed by atoms with Gasteiger partial charge in [0.15, 0.2) is 5.78 Å². The molecular formula is C10H16O6. The van der Waals surface area contributed by atoms with Gasteiger partial charge in [-0.25, -0.2) is 4.79 Å². The van der Waals surface area contributed by atoms with Crippen molar-refractivity contribution in [3.05, 3.63) is 11.3 Å². The number of hydrogen-bond donors (Lipinski definition) is 0. The number of carbonyl (C=O) groups excluding carboxylic acids is 2. The second-order valence-corrected chi connectivity index (χ2v) is 2.78. The Labute approximate surface area is 94.1 Å². The van der Waals surface area contributed by atoms with Crippen LogP contribution in [-0.4, -0.2) is 53.4 Å². The summed E-state index contributed by atoms with van der Waals surface area (Å²) in [6.07, 6.45) is 0. The molecule has 0 aromatic rings. The lowest BCUT2D eigenvalue weighted by Crippen LogP contribution is -2.22. The van der Waals surface area contributed by atoms with Gasteiger partial charge in [-0.2, -0.15) is 0 Å². The van der Waals surface area contributed by atoms with Crippen LogP contribution in [0.2, 0.25) is 0 Å². The summed E-state index contributed by atoms with van der Waals surface area (Å²) in [5.41, 5.74) is -0.186. The Bertz CT molecular complexity index is 281. The highest BCUT2D eigenvalue weighted by molar-refractivity contribution is 6.18. The van der Waals surface area contributed by atoms with Crippen LogP contribution in [0.15, 0.2) is 11.3 Å². The molecule has 0 amide bonds. The Morgan fingerprint density at radius 2 is 1.44 bits per heavy atom. The highest BCUT2D eigenvalue weighted by atomic mass is 16.5. The quantitative estimate of drug-likeness (QED) is 0.201. The Balaban J connectivity index is 5.17. The maximum absolute atomic E-state index is 11.6. The monoisotopic (exact) mass is 232 g/mol. The van der Waals surface area contributed by atoms with Crippen molar-refractivity contribution >= 4 is 11.8 Å². The van der Waals surface area contributed by atoms with Crippen LogP contribution in [0.5, 0.6) is 0 Å². The van der Waals surface area contributed by atoms with E-state index in [1.807, 2.05) is 0 Å². The van der Waals surface area contributed by atoms with E-state index in [9.17, 15) is 9.59 Å². The average Bonchev–Trinajstić information content (AvgIpc) is 2.28. The molecule has 0 saturated carbocycles. The molecule has 0 radical (unpaired) electrons. The number of rotatable bonds is 7. The van der Waals surface area contributed by atoms with Crippen molar-refractivity contribution < 1.29 is 28.5 Å². The van der Waals surface area contributed by atoms with Crippen LogP contribution in [0.3, 0.4) is 0 Å². The lowest BCUT2D eigenvalue weighted by molar-refractivity contribution is -0.138. The van der Waals surface area contributed by atoms with Gasteiger partial charge in [0.1, 0.15) is 24.5 Å². The van der Waals surface area contributed by atoms with Gasteiger partial charge in [0, 0.05) is 14.2 Å². The lowest BCUT2D eigenvalue weighted by Gasteiger charge is -2.10. The molecule has 0 aromatic heterocycles. The Morgan fingerprint density at radius 3 is 1.81 bits per heavy atom. The van der Waals surface area contributed by atoms with Gasteiger partial charge in [0.25, 0.3) is 0 Å². The summed E-state index contributed by atoms with van der Waals surface area (Å²) < 4.78 is 18.9. The third-order valence-corrected chi connectivity index (χ3v) is 1.74. The van der Waals surface area contributed by atoms with E-state index in [1.54, 1.807) is 0 Å². The van der Waals surface area contributed by atoms with Gasteiger partial charge >= 0.3 is 5.97 Å². The summed E-state index contributed by atoms with van der Waals surface area (Å²) in [6.45, 7) is -0.211. The number of hydrogen-bond acceptors (Lipinski definition) is 6. The molecule has 0 spiro atoms. The number of Topliss-reactive ketones (excluding diaryl/α,β-unsaturated/α-hetero) is 1. The normalized spacial score (nSPS) is 11.8.